The lowest BCUT2D eigenvalue weighted by Gasteiger charge is -2.22. The minimum Gasteiger partial charge on any atom is -0.495 e. The van der Waals surface area contributed by atoms with Crippen molar-refractivity contribution in [1.29, 1.82) is 0 Å². The quantitative estimate of drug-likeness (QED) is 0.565. The fourth-order valence-electron chi connectivity index (χ4n) is 3.12. The Bertz CT molecular complexity index is 1160. The van der Waals surface area contributed by atoms with E-state index >= 15 is 0 Å². The average molecular weight is 448 g/mol. The topological polar surface area (TPSA) is 88.6 Å². The Morgan fingerprint density at radius 1 is 1.23 bits per heavy atom. The molecule has 0 aliphatic heterocycles. The monoisotopic (exact) mass is 447 g/mol. The van der Waals surface area contributed by atoms with E-state index in [1.807, 2.05) is 6.92 Å². The number of amides is 1. The average Bonchev–Trinajstić information content (AvgIpc) is 2.73. The van der Waals surface area contributed by atoms with Crippen molar-refractivity contribution in [3.8, 4) is 5.75 Å². The van der Waals surface area contributed by atoms with Gasteiger partial charge in [0.1, 0.15) is 5.75 Å². The second-order valence-corrected chi connectivity index (χ2v) is 8.93. The van der Waals surface area contributed by atoms with E-state index in [0.717, 1.165) is 0 Å². The van der Waals surface area contributed by atoms with Crippen LogP contribution in [-0.4, -0.2) is 43.8 Å². The molecule has 0 aliphatic carbocycles. The van der Waals surface area contributed by atoms with Crippen molar-refractivity contribution < 1.29 is 17.9 Å². The van der Waals surface area contributed by atoms with Crippen LogP contribution in [0.3, 0.4) is 0 Å². The van der Waals surface area contributed by atoms with Crippen molar-refractivity contribution in [2.24, 2.45) is 0 Å². The smallest absolute Gasteiger partial charge is 0.244 e. The van der Waals surface area contributed by atoms with Gasteiger partial charge >= 0.3 is 0 Å². The molecule has 0 atom stereocenters. The van der Waals surface area contributed by atoms with Crippen molar-refractivity contribution in [2.75, 3.05) is 25.5 Å². The molecule has 1 heterocycles. The molecule has 9 heteroatoms. The van der Waals surface area contributed by atoms with Gasteiger partial charge < -0.3 is 10.1 Å². The van der Waals surface area contributed by atoms with Crippen LogP contribution in [0.4, 0.5) is 5.69 Å². The van der Waals surface area contributed by atoms with Crippen LogP contribution in [0.15, 0.2) is 59.8 Å². The predicted molar refractivity (Wildman–Crippen MR) is 117 cm³/mol. The summed E-state index contributed by atoms with van der Waals surface area (Å²) >= 11 is 6.00. The molecule has 0 fully saturated rings. The fraction of sp³-hybridized carbons (Fsp3) is 0.238. The van der Waals surface area contributed by atoms with Crippen LogP contribution in [0, 0.1) is 0 Å². The highest BCUT2D eigenvalue weighted by atomic mass is 35.5. The second kappa shape index (κ2) is 9.42. The summed E-state index contributed by atoms with van der Waals surface area (Å²) in [6.45, 7) is 1.71. The SMILES string of the molecule is CCCN(CC(=O)Nc1cc(Cl)ccc1OC)S(=O)(=O)c1cccc2cnccc12. The molecule has 0 radical (unpaired) electrons. The van der Waals surface area contributed by atoms with Crippen LogP contribution >= 0.6 is 11.6 Å². The number of nitrogens with zero attached hydrogens (tertiary/aromatic N) is 2. The highest BCUT2D eigenvalue weighted by Gasteiger charge is 2.28. The molecule has 1 amide bonds. The van der Waals surface area contributed by atoms with E-state index in [1.54, 1.807) is 48.8 Å². The molecule has 158 valence electrons. The maximum absolute atomic E-state index is 13.4. The number of carbonyl (C=O) groups is 1. The molecular formula is C21H22ClN3O4S. The van der Waals surface area contributed by atoms with Crippen molar-refractivity contribution in [3.05, 3.63) is 59.9 Å². The van der Waals surface area contributed by atoms with Gasteiger partial charge in [-0.2, -0.15) is 4.31 Å². The molecule has 0 aliphatic rings. The minimum absolute atomic E-state index is 0.143. The molecule has 7 nitrogen and oxygen atoms in total. The summed E-state index contributed by atoms with van der Waals surface area (Å²) in [7, 11) is -2.44. The zero-order valence-electron chi connectivity index (χ0n) is 16.6. The lowest BCUT2D eigenvalue weighted by atomic mass is 10.2. The molecule has 3 aromatic rings. The number of benzene rings is 2. The zero-order chi connectivity index (χ0) is 21.7. The van der Waals surface area contributed by atoms with Gasteiger partial charge in [0.05, 0.1) is 24.2 Å². The van der Waals surface area contributed by atoms with E-state index in [0.29, 0.717) is 33.7 Å². The molecule has 0 unspecified atom stereocenters. The largest absolute Gasteiger partial charge is 0.495 e. The summed E-state index contributed by atoms with van der Waals surface area (Å²) in [4.78, 5) is 16.9. The Kier molecular flexibility index (Phi) is 6.91. The molecule has 3 rings (SSSR count). The maximum Gasteiger partial charge on any atom is 0.244 e. The third-order valence-electron chi connectivity index (χ3n) is 4.49. The molecular weight excluding hydrogens is 426 g/mol. The number of ether oxygens (including phenoxy) is 1. The highest BCUT2D eigenvalue weighted by molar-refractivity contribution is 7.89. The van der Waals surface area contributed by atoms with Crippen molar-refractivity contribution >= 4 is 44.0 Å². The number of rotatable bonds is 8. The van der Waals surface area contributed by atoms with E-state index in [9.17, 15) is 13.2 Å². The van der Waals surface area contributed by atoms with Crippen molar-refractivity contribution in [1.82, 2.24) is 9.29 Å². The first kappa shape index (κ1) is 22.0. The number of sulfonamides is 1. The van der Waals surface area contributed by atoms with Crippen LogP contribution in [0.5, 0.6) is 5.75 Å². The van der Waals surface area contributed by atoms with Crippen molar-refractivity contribution in [2.45, 2.75) is 18.2 Å². The van der Waals surface area contributed by atoms with Crippen LogP contribution in [0.25, 0.3) is 10.8 Å². The third-order valence-corrected chi connectivity index (χ3v) is 6.63. The Hall–Kier alpha value is -2.68. The number of pyridine rings is 1. The minimum atomic E-state index is -3.91. The first-order valence-corrected chi connectivity index (χ1v) is 11.1. The van der Waals surface area contributed by atoms with Gasteiger partial charge in [-0.3, -0.25) is 9.78 Å². The lowest BCUT2D eigenvalue weighted by molar-refractivity contribution is -0.116. The number of nitrogens with one attached hydrogen (secondary N) is 1. The first-order chi connectivity index (χ1) is 14.4. The van der Waals surface area contributed by atoms with Gasteiger partial charge in [0, 0.05) is 34.7 Å². The molecule has 0 saturated heterocycles. The van der Waals surface area contributed by atoms with Crippen LogP contribution in [0.1, 0.15) is 13.3 Å². The standard InChI is InChI=1S/C21H22ClN3O4S/c1-3-11-25(14-21(26)24-18-12-16(22)7-8-19(18)29-2)30(27,28)20-6-4-5-15-13-23-10-9-17(15)20/h4-10,12-13H,3,11,14H2,1-2H3,(H,24,26). The van der Waals surface area contributed by atoms with Gasteiger partial charge in [0.15, 0.2) is 0 Å². The number of hydrogen-bond acceptors (Lipinski definition) is 5. The van der Waals surface area contributed by atoms with Crippen LogP contribution in [-0.2, 0) is 14.8 Å². The van der Waals surface area contributed by atoms with E-state index in [1.165, 1.54) is 17.5 Å². The number of hydrogen-bond donors (Lipinski definition) is 1. The molecule has 0 spiro atoms. The van der Waals surface area contributed by atoms with Crippen LogP contribution < -0.4 is 10.1 Å². The highest BCUT2D eigenvalue weighted by Crippen LogP contribution is 2.28. The molecule has 1 N–H and O–H groups in total. The van der Waals surface area contributed by atoms with Gasteiger partial charge in [-0.1, -0.05) is 30.7 Å². The van der Waals surface area contributed by atoms with Gasteiger partial charge in [0.25, 0.3) is 0 Å². The van der Waals surface area contributed by atoms with E-state index in [-0.39, 0.29) is 18.0 Å². The fourth-order valence-corrected chi connectivity index (χ4v) is 4.99. The molecule has 1 aromatic heterocycles. The number of halogens is 1. The maximum atomic E-state index is 13.4. The Morgan fingerprint density at radius 2 is 2.03 bits per heavy atom. The summed E-state index contributed by atoms with van der Waals surface area (Å²) < 4.78 is 33.2. The van der Waals surface area contributed by atoms with Crippen molar-refractivity contribution in [3.63, 3.8) is 0 Å². The molecule has 2 aromatic carbocycles. The normalized spacial score (nSPS) is 11.6. The summed E-state index contributed by atoms with van der Waals surface area (Å²) in [5.41, 5.74) is 0.375. The molecule has 0 saturated carbocycles. The van der Waals surface area contributed by atoms with Crippen LogP contribution in [0.2, 0.25) is 5.02 Å². The van der Waals surface area contributed by atoms with E-state index in [4.69, 9.17) is 16.3 Å². The second-order valence-electron chi connectivity index (χ2n) is 6.58. The van der Waals surface area contributed by atoms with Gasteiger partial charge in [-0.15, -0.1) is 0 Å². The molecule has 30 heavy (non-hydrogen) atoms. The molecule has 0 bridgehead atoms. The summed E-state index contributed by atoms with van der Waals surface area (Å²) in [6, 6.07) is 11.5. The number of anilines is 1. The lowest BCUT2D eigenvalue weighted by Crippen LogP contribution is -2.38. The summed E-state index contributed by atoms with van der Waals surface area (Å²) in [5, 5.41) is 4.38. The number of methoxy groups -OCH3 is 1. The number of fused-ring (bicyclic) bond motifs is 1. The zero-order valence-corrected chi connectivity index (χ0v) is 18.2. The number of carbonyl (C=O) groups excluding carboxylic acids is 1. The van der Waals surface area contributed by atoms with Gasteiger partial charge in [-0.25, -0.2) is 8.42 Å². The Balaban J connectivity index is 1.90. The third kappa shape index (κ3) is 4.72. The van der Waals surface area contributed by atoms with Gasteiger partial charge in [-0.05, 0) is 36.8 Å². The van der Waals surface area contributed by atoms with Gasteiger partial charge in [0.2, 0.25) is 15.9 Å². The first-order valence-electron chi connectivity index (χ1n) is 9.33. The number of aromatic nitrogens is 1. The Morgan fingerprint density at radius 3 is 2.77 bits per heavy atom. The summed E-state index contributed by atoms with van der Waals surface area (Å²) in [5.74, 6) is -0.0614. The van der Waals surface area contributed by atoms with E-state index < -0.39 is 15.9 Å². The Labute approximate surface area is 180 Å². The van der Waals surface area contributed by atoms with E-state index in [2.05, 4.69) is 10.3 Å². The summed E-state index contributed by atoms with van der Waals surface area (Å²) in [6.07, 6.45) is 3.71. The predicted octanol–water partition coefficient (Wildman–Crippen LogP) is 3.94.